The van der Waals surface area contributed by atoms with E-state index in [1.807, 2.05) is 0 Å². The van der Waals surface area contributed by atoms with Crippen LogP contribution in [0.25, 0.3) is 0 Å². The summed E-state index contributed by atoms with van der Waals surface area (Å²) in [5, 5.41) is 3.26. The molecular weight excluding hydrogens is 291 g/mol. The van der Waals surface area contributed by atoms with Crippen molar-refractivity contribution in [3.8, 4) is 0 Å². The number of rotatable bonds is 3. The van der Waals surface area contributed by atoms with Gasteiger partial charge in [-0.25, -0.2) is 4.39 Å². The van der Waals surface area contributed by atoms with Crippen LogP contribution in [-0.4, -0.2) is 5.91 Å². The molecule has 0 radical (unpaired) electrons. The summed E-state index contributed by atoms with van der Waals surface area (Å²) >= 11 is 5.80. The molecule has 0 saturated carbocycles. The Morgan fingerprint density at radius 3 is 2.62 bits per heavy atom. The van der Waals surface area contributed by atoms with Crippen molar-refractivity contribution in [1.82, 2.24) is 5.32 Å². The van der Waals surface area contributed by atoms with E-state index in [1.54, 1.807) is 38.1 Å². The molecule has 0 spiro atoms. The predicted molar refractivity (Wildman–Crippen MR) is 82.9 cm³/mol. The molecule has 21 heavy (non-hydrogen) atoms. The Labute approximate surface area is 127 Å². The van der Waals surface area contributed by atoms with Gasteiger partial charge in [-0.15, -0.1) is 0 Å². The Morgan fingerprint density at radius 1 is 1.29 bits per heavy atom. The summed E-state index contributed by atoms with van der Waals surface area (Å²) in [5.74, 6) is -0.614. The van der Waals surface area contributed by atoms with Gasteiger partial charge in [-0.3, -0.25) is 4.79 Å². The first-order chi connectivity index (χ1) is 9.88. The fourth-order valence-electron chi connectivity index (χ4n) is 1.98. The van der Waals surface area contributed by atoms with Crippen molar-refractivity contribution in [2.24, 2.45) is 0 Å². The third kappa shape index (κ3) is 3.52. The molecule has 3 nitrogen and oxygen atoms in total. The number of carbonyl (C=O) groups excluding carboxylic acids is 1. The fourth-order valence-corrected chi connectivity index (χ4v) is 2.16. The lowest BCUT2D eigenvalue weighted by atomic mass is 10.1. The molecule has 2 aromatic carbocycles. The van der Waals surface area contributed by atoms with E-state index in [0.29, 0.717) is 27.4 Å². The van der Waals surface area contributed by atoms with E-state index in [2.05, 4.69) is 5.32 Å². The highest BCUT2D eigenvalue weighted by Gasteiger charge is 2.14. The van der Waals surface area contributed by atoms with Gasteiger partial charge < -0.3 is 11.1 Å². The summed E-state index contributed by atoms with van der Waals surface area (Å²) in [6.07, 6.45) is 0. The predicted octanol–water partition coefficient (Wildman–Crippen LogP) is 3.86. The normalized spacial score (nSPS) is 12.0. The van der Waals surface area contributed by atoms with Crippen LogP contribution >= 0.6 is 11.6 Å². The van der Waals surface area contributed by atoms with Crippen molar-refractivity contribution in [3.63, 3.8) is 0 Å². The molecule has 5 heteroatoms. The smallest absolute Gasteiger partial charge is 0.253 e. The summed E-state index contributed by atoms with van der Waals surface area (Å²) in [5.41, 5.74) is 7.69. The van der Waals surface area contributed by atoms with Crippen molar-refractivity contribution >= 4 is 23.2 Å². The molecule has 2 rings (SSSR count). The van der Waals surface area contributed by atoms with Gasteiger partial charge in [-0.1, -0.05) is 23.7 Å². The average Bonchev–Trinajstić information content (AvgIpc) is 2.41. The van der Waals surface area contributed by atoms with Gasteiger partial charge in [-0.2, -0.15) is 0 Å². The Kier molecular flexibility index (Phi) is 4.48. The standard InChI is InChI=1S/C16H16ClFN2O/c1-9-3-4-11(7-14(9)18)10(2)20-16(21)13-6-5-12(17)8-15(13)19/h3-8,10H,19H2,1-2H3,(H,20,21). The lowest BCUT2D eigenvalue weighted by Gasteiger charge is -2.16. The highest BCUT2D eigenvalue weighted by Crippen LogP contribution is 2.20. The number of nitrogen functional groups attached to an aromatic ring is 1. The molecule has 3 N–H and O–H groups in total. The largest absolute Gasteiger partial charge is 0.398 e. The topological polar surface area (TPSA) is 55.1 Å². The minimum absolute atomic E-state index is 0.292. The number of nitrogens with one attached hydrogen (secondary N) is 1. The molecule has 2 aromatic rings. The molecule has 0 heterocycles. The molecule has 0 aliphatic heterocycles. The zero-order valence-electron chi connectivity index (χ0n) is 11.8. The fraction of sp³-hybridized carbons (Fsp3) is 0.188. The Hall–Kier alpha value is -2.07. The van der Waals surface area contributed by atoms with Gasteiger partial charge in [-0.05, 0) is 49.2 Å². The third-order valence-electron chi connectivity index (χ3n) is 3.30. The average molecular weight is 307 g/mol. The van der Waals surface area contributed by atoms with E-state index in [1.165, 1.54) is 12.1 Å². The van der Waals surface area contributed by atoms with Crippen molar-refractivity contribution < 1.29 is 9.18 Å². The van der Waals surface area contributed by atoms with E-state index in [4.69, 9.17) is 17.3 Å². The highest BCUT2D eigenvalue weighted by atomic mass is 35.5. The van der Waals surface area contributed by atoms with Gasteiger partial charge in [0, 0.05) is 10.7 Å². The number of carbonyl (C=O) groups is 1. The molecule has 0 fully saturated rings. The molecule has 0 aromatic heterocycles. The van der Waals surface area contributed by atoms with Crippen molar-refractivity contribution in [2.45, 2.75) is 19.9 Å². The van der Waals surface area contributed by atoms with Crippen LogP contribution in [0.3, 0.4) is 0 Å². The lowest BCUT2D eigenvalue weighted by molar-refractivity contribution is 0.0940. The summed E-state index contributed by atoms with van der Waals surface area (Å²) in [6.45, 7) is 3.48. The van der Waals surface area contributed by atoms with Crippen molar-refractivity contribution in [2.75, 3.05) is 5.73 Å². The molecule has 0 aliphatic carbocycles. The summed E-state index contributed by atoms with van der Waals surface area (Å²) in [6, 6.07) is 9.25. The zero-order chi connectivity index (χ0) is 15.6. The molecular formula is C16H16ClFN2O. The van der Waals surface area contributed by atoms with Crippen molar-refractivity contribution in [1.29, 1.82) is 0 Å². The monoisotopic (exact) mass is 306 g/mol. The zero-order valence-corrected chi connectivity index (χ0v) is 12.5. The summed E-state index contributed by atoms with van der Waals surface area (Å²) < 4.78 is 13.6. The molecule has 1 amide bonds. The first-order valence-corrected chi connectivity index (χ1v) is 6.88. The molecule has 1 unspecified atom stereocenters. The first kappa shape index (κ1) is 15.3. The third-order valence-corrected chi connectivity index (χ3v) is 3.54. The van der Waals surface area contributed by atoms with Crippen LogP contribution in [0, 0.1) is 12.7 Å². The second kappa shape index (κ2) is 6.14. The van der Waals surface area contributed by atoms with E-state index in [0.717, 1.165) is 0 Å². The number of amides is 1. The van der Waals surface area contributed by atoms with Gasteiger partial charge in [0.1, 0.15) is 5.82 Å². The number of aryl methyl sites for hydroxylation is 1. The van der Waals surface area contributed by atoms with Crippen LogP contribution in [0.5, 0.6) is 0 Å². The van der Waals surface area contributed by atoms with Gasteiger partial charge in [0.05, 0.1) is 11.6 Å². The van der Waals surface area contributed by atoms with Gasteiger partial charge in [0.15, 0.2) is 0 Å². The minimum Gasteiger partial charge on any atom is -0.398 e. The number of halogens is 2. The van der Waals surface area contributed by atoms with Crippen LogP contribution in [-0.2, 0) is 0 Å². The summed E-state index contributed by atoms with van der Waals surface area (Å²) in [4.78, 5) is 12.2. The molecule has 0 bridgehead atoms. The minimum atomic E-state index is -0.331. The lowest BCUT2D eigenvalue weighted by Crippen LogP contribution is -2.27. The van der Waals surface area contributed by atoms with Crippen LogP contribution < -0.4 is 11.1 Å². The van der Waals surface area contributed by atoms with E-state index >= 15 is 0 Å². The van der Waals surface area contributed by atoms with Crippen molar-refractivity contribution in [3.05, 3.63) is 63.9 Å². The van der Waals surface area contributed by atoms with Gasteiger partial charge in [0.25, 0.3) is 5.91 Å². The van der Waals surface area contributed by atoms with E-state index in [-0.39, 0.29) is 17.8 Å². The number of anilines is 1. The number of nitrogens with two attached hydrogens (primary N) is 1. The number of hydrogen-bond donors (Lipinski definition) is 2. The van der Waals surface area contributed by atoms with Crippen LogP contribution in [0.1, 0.15) is 34.5 Å². The molecule has 0 saturated heterocycles. The molecule has 0 aliphatic rings. The quantitative estimate of drug-likeness (QED) is 0.846. The van der Waals surface area contributed by atoms with Crippen LogP contribution in [0.2, 0.25) is 5.02 Å². The molecule has 110 valence electrons. The van der Waals surface area contributed by atoms with Crippen LogP contribution in [0.4, 0.5) is 10.1 Å². The van der Waals surface area contributed by atoms with Crippen LogP contribution in [0.15, 0.2) is 36.4 Å². The van der Waals surface area contributed by atoms with E-state index in [9.17, 15) is 9.18 Å². The number of benzene rings is 2. The van der Waals surface area contributed by atoms with E-state index < -0.39 is 0 Å². The Bertz CT molecular complexity index is 688. The first-order valence-electron chi connectivity index (χ1n) is 6.50. The Morgan fingerprint density at radius 2 is 2.00 bits per heavy atom. The second-order valence-corrected chi connectivity index (χ2v) is 5.37. The number of hydrogen-bond acceptors (Lipinski definition) is 2. The summed E-state index contributed by atoms with van der Waals surface area (Å²) in [7, 11) is 0. The maximum atomic E-state index is 13.6. The molecule has 1 atom stereocenters. The van der Waals surface area contributed by atoms with Gasteiger partial charge in [0.2, 0.25) is 0 Å². The maximum absolute atomic E-state index is 13.6. The van der Waals surface area contributed by atoms with Gasteiger partial charge >= 0.3 is 0 Å². The Balaban J connectivity index is 2.16. The highest BCUT2D eigenvalue weighted by molar-refractivity contribution is 6.31. The SMILES string of the molecule is Cc1ccc(C(C)NC(=O)c2ccc(Cl)cc2N)cc1F. The maximum Gasteiger partial charge on any atom is 0.253 e. The second-order valence-electron chi connectivity index (χ2n) is 4.94.